The SMILES string of the molecule is COc1ccc(CC(=O)N[C@@H]2CCN(c3cc(-c4ccc(Cl)cc4)[nH]n3)C2)cc1. The fraction of sp³-hybridized carbons (Fsp3) is 0.273. The quantitative estimate of drug-likeness (QED) is 0.650. The smallest absolute Gasteiger partial charge is 0.224 e. The summed E-state index contributed by atoms with van der Waals surface area (Å²) in [6, 6.07) is 17.4. The lowest BCUT2D eigenvalue weighted by Crippen LogP contribution is -2.38. The average molecular weight is 411 g/mol. The van der Waals surface area contributed by atoms with E-state index >= 15 is 0 Å². The van der Waals surface area contributed by atoms with Crippen LogP contribution in [-0.2, 0) is 11.2 Å². The Bertz CT molecular complexity index is 969. The van der Waals surface area contributed by atoms with Gasteiger partial charge in [0.05, 0.1) is 19.2 Å². The Morgan fingerprint density at radius 2 is 2.00 bits per heavy atom. The third kappa shape index (κ3) is 4.71. The van der Waals surface area contributed by atoms with Gasteiger partial charge in [-0.25, -0.2) is 0 Å². The predicted octanol–water partition coefficient (Wildman–Crippen LogP) is 3.68. The summed E-state index contributed by atoms with van der Waals surface area (Å²) in [6.45, 7) is 1.61. The van der Waals surface area contributed by atoms with Crippen molar-refractivity contribution in [2.24, 2.45) is 0 Å². The van der Waals surface area contributed by atoms with Crippen LogP contribution in [0.2, 0.25) is 5.02 Å². The van der Waals surface area contributed by atoms with E-state index in [1.165, 1.54) is 0 Å². The molecule has 6 nitrogen and oxygen atoms in total. The molecule has 0 unspecified atom stereocenters. The second-order valence-electron chi connectivity index (χ2n) is 7.17. The Hall–Kier alpha value is -2.99. The first-order valence-electron chi connectivity index (χ1n) is 9.59. The molecule has 1 saturated heterocycles. The fourth-order valence-corrected chi connectivity index (χ4v) is 3.67. The third-order valence-electron chi connectivity index (χ3n) is 5.12. The molecule has 7 heteroatoms. The number of methoxy groups -OCH3 is 1. The summed E-state index contributed by atoms with van der Waals surface area (Å²) in [5.74, 6) is 1.71. The van der Waals surface area contributed by atoms with Gasteiger partial charge in [-0.05, 0) is 41.8 Å². The van der Waals surface area contributed by atoms with Crippen LogP contribution in [0.3, 0.4) is 0 Å². The van der Waals surface area contributed by atoms with Crippen molar-refractivity contribution in [1.29, 1.82) is 0 Å². The van der Waals surface area contributed by atoms with Crippen molar-refractivity contribution in [1.82, 2.24) is 15.5 Å². The van der Waals surface area contributed by atoms with Crippen molar-refractivity contribution in [3.05, 3.63) is 65.2 Å². The van der Waals surface area contributed by atoms with Gasteiger partial charge in [0.25, 0.3) is 0 Å². The van der Waals surface area contributed by atoms with Crippen molar-refractivity contribution in [2.75, 3.05) is 25.1 Å². The van der Waals surface area contributed by atoms with Crippen LogP contribution >= 0.6 is 11.6 Å². The first kappa shape index (κ1) is 19.3. The van der Waals surface area contributed by atoms with Gasteiger partial charge in [0, 0.05) is 30.2 Å². The third-order valence-corrected chi connectivity index (χ3v) is 5.37. The number of anilines is 1. The van der Waals surface area contributed by atoms with E-state index in [0.717, 1.165) is 47.9 Å². The van der Waals surface area contributed by atoms with Crippen LogP contribution in [0.4, 0.5) is 5.82 Å². The highest BCUT2D eigenvalue weighted by atomic mass is 35.5. The second kappa shape index (κ2) is 8.57. The number of aromatic amines is 1. The molecule has 1 atom stereocenters. The highest BCUT2D eigenvalue weighted by Gasteiger charge is 2.25. The van der Waals surface area contributed by atoms with E-state index in [4.69, 9.17) is 16.3 Å². The molecule has 1 aliphatic heterocycles. The largest absolute Gasteiger partial charge is 0.497 e. The molecule has 0 radical (unpaired) electrons. The van der Waals surface area contributed by atoms with Crippen molar-refractivity contribution < 1.29 is 9.53 Å². The van der Waals surface area contributed by atoms with Gasteiger partial charge in [-0.2, -0.15) is 5.10 Å². The van der Waals surface area contributed by atoms with E-state index in [-0.39, 0.29) is 11.9 Å². The van der Waals surface area contributed by atoms with Crippen LogP contribution in [0.15, 0.2) is 54.6 Å². The number of hydrogen-bond acceptors (Lipinski definition) is 4. The molecule has 1 fully saturated rings. The standard InChI is InChI=1S/C22H23ClN4O2/c1-29-19-8-2-15(3-9-19)12-22(28)24-18-10-11-27(14-18)21-13-20(25-26-21)16-4-6-17(23)7-5-16/h2-9,13,18H,10-12,14H2,1H3,(H,24,28)(H,25,26)/t18-/m1/s1. The summed E-state index contributed by atoms with van der Waals surface area (Å²) < 4.78 is 5.15. The first-order chi connectivity index (χ1) is 14.1. The topological polar surface area (TPSA) is 70.2 Å². The molecule has 2 heterocycles. The number of hydrogen-bond donors (Lipinski definition) is 2. The molecule has 3 aromatic rings. The van der Waals surface area contributed by atoms with Gasteiger partial charge in [0.1, 0.15) is 5.75 Å². The second-order valence-corrected chi connectivity index (χ2v) is 7.61. The zero-order chi connectivity index (χ0) is 20.2. The van der Waals surface area contributed by atoms with Gasteiger partial charge in [-0.15, -0.1) is 0 Å². The number of amides is 1. The molecule has 0 spiro atoms. The number of benzene rings is 2. The predicted molar refractivity (Wildman–Crippen MR) is 114 cm³/mol. The number of carbonyl (C=O) groups is 1. The number of rotatable bonds is 6. The molecule has 4 rings (SSSR count). The summed E-state index contributed by atoms with van der Waals surface area (Å²) in [7, 11) is 1.63. The minimum absolute atomic E-state index is 0.0332. The van der Waals surface area contributed by atoms with Crippen LogP contribution in [0.5, 0.6) is 5.75 Å². The summed E-state index contributed by atoms with van der Waals surface area (Å²) in [6.07, 6.45) is 1.26. The molecule has 1 aromatic heterocycles. The summed E-state index contributed by atoms with van der Waals surface area (Å²) in [5, 5.41) is 11.4. The molecule has 0 saturated carbocycles. The van der Waals surface area contributed by atoms with E-state index in [9.17, 15) is 4.79 Å². The lowest BCUT2D eigenvalue weighted by Gasteiger charge is -2.16. The van der Waals surface area contributed by atoms with Gasteiger partial charge in [0.15, 0.2) is 5.82 Å². The summed E-state index contributed by atoms with van der Waals surface area (Å²) in [4.78, 5) is 14.6. The monoisotopic (exact) mass is 410 g/mol. The van der Waals surface area contributed by atoms with Crippen molar-refractivity contribution in [3.63, 3.8) is 0 Å². The molecule has 2 aromatic carbocycles. The van der Waals surface area contributed by atoms with Crippen molar-refractivity contribution >= 4 is 23.3 Å². The van der Waals surface area contributed by atoms with Gasteiger partial charge < -0.3 is 15.0 Å². The Morgan fingerprint density at radius 3 is 2.72 bits per heavy atom. The molecule has 1 amide bonds. The van der Waals surface area contributed by atoms with Crippen LogP contribution in [0.1, 0.15) is 12.0 Å². The highest BCUT2D eigenvalue weighted by Crippen LogP contribution is 2.25. The maximum Gasteiger partial charge on any atom is 0.224 e. The van der Waals surface area contributed by atoms with Crippen molar-refractivity contribution in [3.8, 4) is 17.0 Å². The molecule has 29 heavy (non-hydrogen) atoms. The number of ether oxygens (including phenoxy) is 1. The van der Waals surface area contributed by atoms with Gasteiger partial charge in [-0.3, -0.25) is 9.89 Å². The Morgan fingerprint density at radius 1 is 1.24 bits per heavy atom. The zero-order valence-electron chi connectivity index (χ0n) is 16.2. The number of nitrogens with zero attached hydrogens (tertiary/aromatic N) is 2. The number of H-pyrrole nitrogens is 1. The number of halogens is 1. The Balaban J connectivity index is 1.32. The van der Waals surface area contributed by atoms with E-state index in [2.05, 4.69) is 20.4 Å². The van der Waals surface area contributed by atoms with E-state index < -0.39 is 0 Å². The number of carbonyl (C=O) groups excluding carboxylic acids is 1. The molecule has 2 N–H and O–H groups in total. The van der Waals surface area contributed by atoms with Crippen LogP contribution < -0.4 is 15.0 Å². The summed E-state index contributed by atoms with van der Waals surface area (Å²) in [5.41, 5.74) is 2.96. The van der Waals surface area contributed by atoms with Gasteiger partial charge >= 0.3 is 0 Å². The summed E-state index contributed by atoms with van der Waals surface area (Å²) >= 11 is 5.96. The minimum atomic E-state index is 0.0332. The molecule has 150 valence electrons. The van der Waals surface area contributed by atoms with E-state index in [1.54, 1.807) is 7.11 Å². The van der Waals surface area contributed by atoms with Gasteiger partial charge in [0.2, 0.25) is 5.91 Å². The molecule has 0 bridgehead atoms. The first-order valence-corrected chi connectivity index (χ1v) is 9.97. The molecule has 1 aliphatic rings. The highest BCUT2D eigenvalue weighted by molar-refractivity contribution is 6.30. The van der Waals surface area contributed by atoms with E-state index in [0.29, 0.717) is 11.4 Å². The molecular weight excluding hydrogens is 388 g/mol. The Kier molecular flexibility index (Phi) is 5.71. The van der Waals surface area contributed by atoms with Gasteiger partial charge in [-0.1, -0.05) is 35.9 Å². The van der Waals surface area contributed by atoms with Crippen LogP contribution in [0.25, 0.3) is 11.3 Å². The van der Waals surface area contributed by atoms with Crippen molar-refractivity contribution in [2.45, 2.75) is 18.9 Å². The zero-order valence-corrected chi connectivity index (χ0v) is 16.9. The minimum Gasteiger partial charge on any atom is -0.497 e. The fourth-order valence-electron chi connectivity index (χ4n) is 3.54. The average Bonchev–Trinajstić information content (AvgIpc) is 3.39. The lowest BCUT2D eigenvalue weighted by atomic mass is 10.1. The number of nitrogens with one attached hydrogen (secondary N) is 2. The normalized spacial score (nSPS) is 16.1. The molecular formula is C22H23ClN4O2. The van der Waals surface area contributed by atoms with Crippen LogP contribution in [0, 0.1) is 0 Å². The maximum atomic E-state index is 12.4. The lowest BCUT2D eigenvalue weighted by molar-refractivity contribution is -0.121. The molecule has 0 aliphatic carbocycles. The van der Waals surface area contributed by atoms with E-state index in [1.807, 2.05) is 54.6 Å². The van der Waals surface area contributed by atoms with Crippen LogP contribution in [-0.4, -0.2) is 42.3 Å². The maximum absolute atomic E-state index is 12.4. The number of aromatic nitrogens is 2. The Labute approximate surface area is 174 Å².